The van der Waals surface area contributed by atoms with Gasteiger partial charge in [0, 0.05) is 26.4 Å². The zero-order valence-corrected chi connectivity index (χ0v) is 23.6. The summed E-state index contributed by atoms with van der Waals surface area (Å²) < 4.78 is 31.9. The van der Waals surface area contributed by atoms with Crippen molar-refractivity contribution in [3.63, 3.8) is 0 Å². The third-order valence-corrected chi connectivity index (χ3v) is 6.47. The Morgan fingerprint density at radius 3 is 1.67 bits per heavy atom. The summed E-state index contributed by atoms with van der Waals surface area (Å²) >= 11 is 0. The fraction of sp³-hybridized carbons (Fsp3) is 0.926. The van der Waals surface area contributed by atoms with Gasteiger partial charge in [-0.3, -0.25) is 0 Å². The predicted octanol–water partition coefficient (Wildman–Crippen LogP) is 6.01. The zero-order valence-electron chi connectivity index (χ0n) is 22.6. The topological polar surface area (TPSA) is 46.2 Å². The van der Waals surface area contributed by atoms with Gasteiger partial charge in [-0.25, -0.2) is 0 Å². The van der Waals surface area contributed by atoms with Gasteiger partial charge in [-0.2, -0.15) is 0 Å². The molecule has 0 aromatic heterocycles. The van der Waals surface area contributed by atoms with Crippen LogP contribution in [0.1, 0.15) is 79.1 Å². The predicted molar refractivity (Wildman–Crippen MR) is 139 cm³/mol. The lowest BCUT2D eigenvalue weighted by atomic mass is 9.94. The van der Waals surface area contributed by atoms with Crippen LogP contribution in [0.3, 0.4) is 0 Å². The van der Waals surface area contributed by atoms with E-state index in [-0.39, 0.29) is 30.5 Å². The van der Waals surface area contributed by atoms with Crippen molar-refractivity contribution in [3.05, 3.63) is 0 Å². The third-order valence-electron chi connectivity index (χ3n) is 5.57. The van der Waals surface area contributed by atoms with Crippen LogP contribution in [0, 0.1) is 11.5 Å². The van der Waals surface area contributed by atoms with E-state index >= 15 is 0 Å². The quantitative estimate of drug-likeness (QED) is 0.144. The van der Waals surface area contributed by atoms with Gasteiger partial charge in [0.1, 0.15) is 38.6 Å². The minimum absolute atomic E-state index is 0.209. The molecule has 5 atom stereocenters. The third kappa shape index (κ3) is 12.7. The van der Waals surface area contributed by atoms with E-state index in [2.05, 4.69) is 58.8 Å². The number of hydrogen-bond acceptors (Lipinski definition) is 5. The fourth-order valence-corrected chi connectivity index (χ4v) is 4.14. The Balaban J connectivity index is 3.20. The Morgan fingerprint density at radius 2 is 1.15 bits per heavy atom. The molecule has 6 heteroatoms. The van der Waals surface area contributed by atoms with Gasteiger partial charge in [0.05, 0.1) is 6.61 Å². The van der Waals surface area contributed by atoms with E-state index in [1.54, 1.807) is 0 Å². The van der Waals surface area contributed by atoms with Crippen LogP contribution >= 0.6 is 0 Å². The molecule has 1 saturated heterocycles. The van der Waals surface area contributed by atoms with E-state index in [0.29, 0.717) is 26.4 Å². The smallest absolute Gasteiger partial charge is 0.146 e. The summed E-state index contributed by atoms with van der Waals surface area (Å²) in [6, 6.07) is 0. The van der Waals surface area contributed by atoms with E-state index in [4.69, 9.17) is 23.7 Å². The van der Waals surface area contributed by atoms with E-state index in [9.17, 15) is 0 Å². The molecule has 1 aliphatic heterocycles. The summed E-state index contributed by atoms with van der Waals surface area (Å²) in [4.78, 5) is 0. The molecule has 0 radical (unpaired) electrons. The Bertz CT molecular complexity index is 539. The van der Waals surface area contributed by atoms with Crippen molar-refractivity contribution in [2.45, 2.75) is 129 Å². The maximum Gasteiger partial charge on any atom is 0.146 e. The Labute approximate surface area is 205 Å². The number of rotatable bonds is 17. The highest BCUT2D eigenvalue weighted by Crippen LogP contribution is 2.29. The molecule has 0 aromatic rings. The van der Waals surface area contributed by atoms with Gasteiger partial charge in [0.15, 0.2) is 0 Å². The molecule has 0 saturated carbocycles. The van der Waals surface area contributed by atoms with E-state index in [1.807, 2.05) is 0 Å². The lowest BCUT2D eigenvalue weighted by molar-refractivity contribution is -0.254. The Morgan fingerprint density at radius 1 is 0.667 bits per heavy atom. The Kier molecular flexibility index (Phi) is 16.6. The van der Waals surface area contributed by atoms with Crippen molar-refractivity contribution in [1.82, 2.24) is 0 Å². The summed E-state index contributed by atoms with van der Waals surface area (Å²) in [7, 11) is -1.56. The SMILES string of the molecule is CCCCOC[C@H]1O[C@H](C#C[Si](C)(C)C)[C@@H](OCCCC)[C@@H](OCCCC)[C@@H]1OCCCC. The second-order valence-electron chi connectivity index (χ2n) is 10.1. The first-order chi connectivity index (χ1) is 15.9. The molecule has 0 bridgehead atoms. The van der Waals surface area contributed by atoms with Crippen molar-refractivity contribution in [2.75, 3.05) is 33.0 Å². The molecule has 194 valence electrons. The minimum Gasteiger partial charge on any atom is -0.379 e. The highest BCUT2D eigenvalue weighted by Gasteiger charge is 2.47. The Hall–Kier alpha value is -0.423. The molecular weight excluding hydrogens is 432 g/mol. The second kappa shape index (κ2) is 17.9. The number of unbranched alkanes of at least 4 members (excludes halogenated alkanes) is 4. The van der Waals surface area contributed by atoms with Crippen LogP contribution in [0.2, 0.25) is 19.6 Å². The molecule has 0 unspecified atom stereocenters. The van der Waals surface area contributed by atoms with Crippen LogP contribution in [-0.4, -0.2) is 71.6 Å². The van der Waals surface area contributed by atoms with Crippen molar-refractivity contribution in [3.8, 4) is 11.5 Å². The summed E-state index contributed by atoms with van der Waals surface area (Å²) in [6.07, 6.45) is 7.26. The molecule has 33 heavy (non-hydrogen) atoms. The molecule has 0 aliphatic carbocycles. The monoisotopic (exact) mass is 484 g/mol. The molecule has 1 rings (SSSR count). The van der Waals surface area contributed by atoms with Crippen molar-refractivity contribution >= 4 is 8.07 Å². The fourth-order valence-electron chi connectivity index (χ4n) is 3.56. The van der Waals surface area contributed by atoms with Gasteiger partial charge in [-0.15, -0.1) is 5.54 Å². The van der Waals surface area contributed by atoms with E-state index < -0.39 is 8.07 Å². The largest absolute Gasteiger partial charge is 0.379 e. The summed E-state index contributed by atoms with van der Waals surface area (Å²) in [5.41, 5.74) is 3.51. The highest BCUT2D eigenvalue weighted by molar-refractivity contribution is 6.83. The van der Waals surface area contributed by atoms with Crippen LogP contribution < -0.4 is 0 Å². The minimum atomic E-state index is -1.56. The summed E-state index contributed by atoms with van der Waals surface area (Å²) in [6.45, 7) is 18.8. The van der Waals surface area contributed by atoms with E-state index in [0.717, 1.165) is 58.0 Å². The molecule has 1 fully saturated rings. The molecule has 1 heterocycles. The van der Waals surface area contributed by atoms with Crippen LogP contribution in [-0.2, 0) is 23.7 Å². The normalized spacial score (nSPS) is 25.6. The van der Waals surface area contributed by atoms with Crippen molar-refractivity contribution in [2.24, 2.45) is 0 Å². The molecule has 0 spiro atoms. The number of hydrogen-bond donors (Lipinski definition) is 0. The zero-order chi connectivity index (χ0) is 24.5. The number of ether oxygens (including phenoxy) is 5. The molecule has 0 aromatic carbocycles. The van der Waals surface area contributed by atoms with Gasteiger partial charge in [0.25, 0.3) is 0 Å². The molecular formula is C27H52O5Si. The molecule has 0 N–H and O–H groups in total. The summed E-state index contributed by atoms with van der Waals surface area (Å²) in [5.74, 6) is 3.45. The standard InChI is InChI=1S/C27H52O5Si/c1-8-12-17-28-22-24-26(30-19-14-10-3)27(31-20-15-11-4)25(29-18-13-9-2)23(32-24)16-21-33(5,6)7/h23-27H,8-15,17-20,22H2,1-7H3/t23-,24-,25-,26-,27-/m1/s1. The summed E-state index contributed by atoms with van der Waals surface area (Å²) in [5, 5.41) is 0. The van der Waals surface area contributed by atoms with E-state index in [1.165, 1.54) is 0 Å². The molecule has 5 nitrogen and oxygen atoms in total. The van der Waals surface area contributed by atoms with Crippen LogP contribution in [0.15, 0.2) is 0 Å². The first kappa shape index (κ1) is 30.6. The molecule has 1 aliphatic rings. The maximum absolute atomic E-state index is 6.58. The van der Waals surface area contributed by atoms with Crippen LogP contribution in [0.25, 0.3) is 0 Å². The first-order valence-electron chi connectivity index (χ1n) is 13.5. The van der Waals surface area contributed by atoms with Gasteiger partial charge >= 0.3 is 0 Å². The lowest BCUT2D eigenvalue weighted by Crippen LogP contribution is -2.61. The van der Waals surface area contributed by atoms with Crippen LogP contribution in [0.4, 0.5) is 0 Å². The van der Waals surface area contributed by atoms with Gasteiger partial charge in [-0.1, -0.05) is 78.9 Å². The average molecular weight is 485 g/mol. The highest BCUT2D eigenvalue weighted by atomic mass is 28.3. The van der Waals surface area contributed by atoms with Crippen molar-refractivity contribution in [1.29, 1.82) is 0 Å². The average Bonchev–Trinajstić information content (AvgIpc) is 2.77. The lowest BCUT2D eigenvalue weighted by Gasteiger charge is -2.45. The first-order valence-corrected chi connectivity index (χ1v) is 17.0. The maximum atomic E-state index is 6.58. The molecule has 0 amide bonds. The van der Waals surface area contributed by atoms with Gasteiger partial charge in [-0.05, 0) is 25.7 Å². The van der Waals surface area contributed by atoms with Crippen LogP contribution in [0.5, 0.6) is 0 Å². The van der Waals surface area contributed by atoms with Gasteiger partial charge in [0.2, 0.25) is 0 Å². The van der Waals surface area contributed by atoms with Gasteiger partial charge < -0.3 is 23.7 Å². The second-order valence-corrected chi connectivity index (χ2v) is 14.9. The van der Waals surface area contributed by atoms with Crippen molar-refractivity contribution < 1.29 is 23.7 Å².